The van der Waals surface area contributed by atoms with E-state index in [2.05, 4.69) is 87.9 Å². The van der Waals surface area contributed by atoms with Crippen molar-refractivity contribution < 1.29 is 0 Å². The molecule has 0 unspecified atom stereocenters. The third kappa shape index (κ3) is 2.21. The summed E-state index contributed by atoms with van der Waals surface area (Å²) in [7, 11) is 0. The van der Waals surface area contributed by atoms with E-state index in [0.717, 1.165) is 0 Å². The maximum atomic E-state index is 2.33. The molecule has 23 heavy (non-hydrogen) atoms. The van der Waals surface area contributed by atoms with Crippen LogP contribution in [0.1, 0.15) is 31.9 Å². The fourth-order valence-corrected chi connectivity index (χ4v) is 3.93. The number of fused-ring (bicyclic) bond motifs is 2. The molecule has 3 aromatic rings. The molecule has 4 rings (SSSR count). The van der Waals surface area contributed by atoms with Gasteiger partial charge >= 0.3 is 0 Å². The lowest BCUT2D eigenvalue weighted by molar-refractivity contribution is 0.853. The first kappa shape index (κ1) is 14.3. The normalized spacial score (nSPS) is 13.9. The monoisotopic (exact) mass is 297 g/mol. The van der Waals surface area contributed by atoms with Crippen molar-refractivity contribution in [3.8, 4) is 11.1 Å². The highest BCUT2D eigenvalue weighted by Crippen LogP contribution is 2.44. The summed E-state index contributed by atoms with van der Waals surface area (Å²) < 4.78 is 0. The van der Waals surface area contributed by atoms with Crippen LogP contribution in [0.2, 0.25) is 0 Å². The van der Waals surface area contributed by atoms with Crippen LogP contribution < -0.4 is 0 Å². The third-order valence-corrected chi connectivity index (χ3v) is 4.82. The van der Waals surface area contributed by atoms with E-state index in [-0.39, 0.29) is 0 Å². The molecule has 3 aromatic carbocycles. The minimum atomic E-state index is 0.531. The van der Waals surface area contributed by atoms with Gasteiger partial charge in [0.2, 0.25) is 0 Å². The molecule has 0 aromatic heterocycles. The summed E-state index contributed by atoms with van der Waals surface area (Å²) in [6.45, 7) is 6.82. The minimum Gasteiger partial charge on any atom is -0.0616 e. The van der Waals surface area contributed by atoms with Crippen LogP contribution in [0.3, 0.4) is 0 Å². The van der Waals surface area contributed by atoms with Crippen LogP contribution in [0.25, 0.3) is 27.5 Å². The Balaban J connectivity index is 2.04. The van der Waals surface area contributed by atoms with E-state index in [4.69, 9.17) is 0 Å². The molecule has 0 nitrogen and oxygen atoms in total. The molecular weight excluding hydrogens is 276 g/mol. The summed E-state index contributed by atoms with van der Waals surface area (Å²) in [5.74, 6) is 0.531. The number of hydrogen-bond donors (Lipinski definition) is 0. The van der Waals surface area contributed by atoms with Crippen LogP contribution in [-0.4, -0.2) is 0 Å². The highest BCUT2D eigenvalue weighted by atomic mass is 14.3. The van der Waals surface area contributed by atoms with Crippen molar-refractivity contribution in [2.75, 3.05) is 0 Å². The first-order chi connectivity index (χ1) is 11.2. The number of allylic oxidation sites excluding steroid dienone is 2. The van der Waals surface area contributed by atoms with Crippen LogP contribution in [0.4, 0.5) is 0 Å². The van der Waals surface area contributed by atoms with Crippen molar-refractivity contribution in [1.29, 1.82) is 0 Å². The highest BCUT2D eigenvalue weighted by molar-refractivity contribution is 6.01. The summed E-state index contributed by atoms with van der Waals surface area (Å²) in [6, 6.07) is 22.0. The molecule has 0 saturated heterocycles. The fourth-order valence-electron chi connectivity index (χ4n) is 3.93. The summed E-state index contributed by atoms with van der Waals surface area (Å²) >= 11 is 0. The summed E-state index contributed by atoms with van der Waals surface area (Å²) in [5.41, 5.74) is 8.37. The Morgan fingerprint density at radius 3 is 2.26 bits per heavy atom. The van der Waals surface area contributed by atoms with Gasteiger partial charge in [0.1, 0.15) is 0 Å². The molecule has 0 atom stereocenters. The topological polar surface area (TPSA) is 0 Å². The Morgan fingerprint density at radius 2 is 1.43 bits per heavy atom. The molecule has 0 fully saturated rings. The van der Waals surface area contributed by atoms with Crippen molar-refractivity contribution in [3.63, 3.8) is 0 Å². The van der Waals surface area contributed by atoms with Gasteiger partial charge in [0, 0.05) is 6.42 Å². The van der Waals surface area contributed by atoms with Gasteiger partial charge in [-0.15, -0.1) is 0 Å². The summed E-state index contributed by atoms with van der Waals surface area (Å²) in [4.78, 5) is 0. The Morgan fingerprint density at radius 1 is 0.739 bits per heavy atom. The average molecular weight is 297 g/mol. The van der Waals surface area contributed by atoms with Gasteiger partial charge in [0.25, 0.3) is 0 Å². The van der Waals surface area contributed by atoms with Crippen LogP contribution in [0.15, 0.2) is 66.2 Å². The zero-order chi connectivity index (χ0) is 16.0. The van der Waals surface area contributed by atoms with E-state index in [9.17, 15) is 0 Å². The van der Waals surface area contributed by atoms with Gasteiger partial charge in [-0.3, -0.25) is 0 Å². The second-order valence-corrected chi connectivity index (χ2v) is 6.69. The molecule has 0 amide bonds. The molecule has 0 spiro atoms. The number of hydrogen-bond acceptors (Lipinski definition) is 0. The molecule has 0 bridgehead atoms. The Labute approximate surface area is 138 Å². The molecule has 1 radical (unpaired) electrons. The predicted molar refractivity (Wildman–Crippen MR) is 100 cm³/mol. The lowest BCUT2D eigenvalue weighted by atomic mass is 9.87. The van der Waals surface area contributed by atoms with Gasteiger partial charge in [-0.25, -0.2) is 0 Å². The molecule has 1 aliphatic carbocycles. The Bertz CT molecular complexity index is 920. The molecule has 1 aliphatic rings. The van der Waals surface area contributed by atoms with E-state index in [0.29, 0.717) is 5.92 Å². The van der Waals surface area contributed by atoms with Crippen molar-refractivity contribution in [1.82, 2.24) is 0 Å². The van der Waals surface area contributed by atoms with Gasteiger partial charge in [-0.2, -0.15) is 0 Å². The molecule has 113 valence electrons. The molecule has 0 heterocycles. The molecule has 0 heteroatoms. The first-order valence-corrected chi connectivity index (χ1v) is 8.34. The molecule has 0 N–H and O–H groups in total. The van der Waals surface area contributed by atoms with Crippen molar-refractivity contribution in [2.24, 2.45) is 5.92 Å². The van der Waals surface area contributed by atoms with Gasteiger partial charge in [0.05, 0.1) is 0 Å². The van der Waals surface area contributed by atoms with Gasteiger partial charge < -0.3 is 0 Å². The van der Waals surface area contributed by atoms with Crippen molar-refractivity contribution in [3.05, 3.63) is 83.8 Å². The van der Waals surface area contributed by atoms with E-state index < -0.39 is 0 Å². The van der Waals surface area contributed by atoms with Gasteiger partial charge in [-0.1, -0.05) is 80.1 Å². The summed E-state index contributed by atoms with van der Waals surface area (Å²) in [5, 5.41) is 2.63. The van der Waals surface area contributed by atoms with E-state index in [1.54, 1.807) is 0 Å². The second kappa shape index (κ2) is 5.38. The third-order valence-electron chi connectivity index (χ3n) is 4.82. The van der Waals surface area contributed by atoms with Gasteiger partial charge in [-0.05, 0) is 51.4 Å². The maximum absolute atomic E-state index is 2.33. The highest BCUT2D eigenvalue weighted by Gasteiger charge is 2.24. The maximum Gasteiger partial charge on any atom is 0.0164 e. The quantitative estimate of drug-likeness (QED) is 0.506. The predicted octanol–water partition coefficient (Wildman–Crippen LogP) is 6.50. The second-order valence-electron chi connectivity index (χ2n) is 6.69. The standard InChI is InChI=1S/C23H21/c1-15(2)22-16(3)14-18-10-7-13-21(23(18)22)20-12-6-9-17-8-4-5-11-19(17)20/h4-15H,1-3H3. The van der Waals surface area contributed by atoms with Crippen LogP contribution in [-0.2, 0) is 0 Å². The summed E-state index contributed by atoms with van der Waals surface area (Å²) in [6.07, 6.45) is 2.33. The van der Waals surface area contributed by atoms with Crippen LogP contribution in [0.5, 0.6) is 0 Å². The van der Waals surface area contributed by atoms with E-state index >= 15 is 0 Å². The lowest BCUT2D eigenvalue weighted by Crippen LogP contribution is -1.96. The molecular formula is C23H21. The van der Waals surface area contributed by atoms with E-state index in [1.807, 2.05) is 0 Å². The first-order valence-electron chi connectivity index (χ1n) is 8.34. The zero-order valence-electron chi connectivity index (χ0n) is 13.9. The minimum absolute atomic E-state index is 0.531. The Hall–Kier alpha value is -2.34. The van der Waals surface area contributed by atoms with Crippen molar-refractivity contribution >= 4 is 16.3 Å². The van der Waals surface area contributed by atoms with Crippen LogP contribution in [0, 0.1) is 12.3 Å². The van der Waals surface area contributed by atoms with E-state index in [1.165, 1.54) is 44.2 Å². The number of rotatable bonds is 2. The number of benzene rings is 3. The van der Waals surface area contributed by atoms with Gasteiger partial charge in [0.15, 0.2) is 0 Å². The van der Waals surface area contributed by atoms with Crippen LogP contribution >= 0.6 is 0 Å². The average Bonchev–Trinajstić information content (AvgIpc) is 2.90. The molecule has 0 saturated carbocycles. The fraction of sp³-hybridized carbons (Fsp3) is 0.174. The SMILES string of the molecule is CC1=C(C(C)C)c2c(cccc2-c2cccc3ccccc23)[CH]1. The largest absolute Gasteiger partial charge is 0.0616 e. The zero-order valence-corrected chi connectivity index (χ0v) is 13.9. The smallest absolute Gasteiger partial charge is 0.0164 e. The van der Waals surface area contributed by atoms with Crippen molar-refractivity contribution in [2.45, 2.75) is 20.8 Å². The molecule has 0 aliphatic heterocycles. The lowest BCUT2D eigenvalue weighted by Gasteiger charge is -2.17. The Kier molecular flexibility index (Phi) is 3.34.